The highest BCUT2D eigenvalue weighted by Crippen LogP contribution is 2.26. The first-order valence-corrected chi connectivity index (χ1v) is 7.86. The van der Waals surface area contributed by atoms with Crippen molar-refractivity contribution in [1.29, 1.82) is 0 Å². The molecule has 0 aromatic heterocycles. The van der Waals surface area contributed by atoms with Gasteiger partial charge in [0.2, 0.25) is 0 Å². The van der Waals surface area contributed by atoms with E-state index in [1.165, 1.54) is 5.56 Å². The van der Waals surface area contributed by atoms with Crippen molar-refractivity contribution < 1.29 is 4.84 Å². The first-order chi connectivity index (χ1) is 10.7. The summed E-state index contributed by atoms with van der Waals surface area (Å²) in [5.74, 6) is 0. The van der Waals surface area contributed by atoms with Crippen molar-refractivity contribution in [3.05, 3.63) is 84.4 Å². The predicted octanol–water partition coefficient (Wildman–Crippen LogP) is 5.15. The van der Waals surface area contributed by atoms with Gasteiger partial charge in [-0.3, -0.25) is 4.84 Å². The van der Waals surface area contributed by atoms with Crippen LogP contribution in [-0.2, 0) is 10.4 Å². The summed E-state index contributed by atoms with van der Waals surface area (Å²) in [5, 5.41) is 0. The zero-order chi connectivity index (χ0) is 15.8. The molecule has 0 radical (unpaired) electrons. The first kappa shape index (κ1) is 16.5. The molecule has 116 valence electrons. The van der Waals surface area contributed by atoms with Gasteiger partial charge < -0.3 is 0 Å². The van der Waals surface area contributed by atoms with Gasteiger partial charge in [0.15, 0.2) is 0 Å². The van der Waals surface area contributed by atoms with Crippen LogP contribution < -0.4 is 5.48 Å². The number of nitrogens with one attached hydrogen (secondary N) is 1. The second-order valence-electron chi connectivity index (χ2n) is 5.68. The van der Waals surface area contributed by atoms with Crippen LogP contribution in [0.15, 0.2) is 73.3 Å². The number of hydrogen-bond acceptors (Lipinski definition) is 2. The molecule has 0 saturated heterocycles. The van der Waals surface area contributed by atoms with Crippen molar-refractivity contribution in [1.82, 2.24) is 5.48 Å². The standard InChI is InChI=1S/C20H25NO/c1-4-12-19(17-13-8-6-9-14-17)22-21-20(3,5-2)18-15-10-7-11-16-18/h5-11,13-16,19,21H,2,4,12H2,1,3H3/t19-,20-/m0/s1. The Kier molecular flexibility index (Phi) is 5.93. The number of rotatable bonds is 8. The first-order valence-electron chi connectivity index (χ1n) is 7.86. The number of hydrogen-bond donors (Lipinski definition) is 1. The largest absolute Gasteiger partial charge is 0.293 e. The van der Waals surface area contributed by atoms with Gasteiger partial charge in [0, 0.05) is 0 Å². The number of benzene rings is 2. The van der Waals surface area contributed by atoms with Crippen LogP contribution in [0.1, 0.15) is 43.9 Å². The maximum Gasteiger partial charge on any atom is 0.104 e. The van der Waals surface area contributed by atoms with Crippen LogP contribution in [0.25, 0.3) is 0 Å². The Bertz CT molecular complexity index is 567. The molecule has 0 amide bonds. The van der Waals surface area contributed by atoms with Gasteiger partial charge in [0.1, 0.15) is 6.10 Å². The van der Waals surface area contributed by atoms with Crippen molar-refractivity contribution in [3.63, 3.8) is 0 Å². The van der Waals surface area contributed by atoms with Crippen molar-refractivity contribution in [2.75, 3.05) is 0 Å². The third-order valence-electron chi connectivity index (χ3n) is 3.92. The average Bonchev–Trinajstić information content (AvgIpc) is 2.60. The van der Waals surface area contributed by atoms with Gasteiger partial charge in [0.05, 0.1) is 5.54 Å². The van der Waals surface area contributed by atoms with Crippen LogP contribution in [0.5, 0.6) is 0 Å². The summed E-state index contributed by atoms with van der Waals surface area (Å²) in [6, 6.07) is 20.6. The SMILES string of the molecule is C=C[C@](C)(NO[C@@H](CCC)c1ccccc1)c1ccccc1. The van der Waals surface area contributed by atoms with Gasteiger partial charge in [-0.05, 0) is 24.5 Å². The molecule has 0 unspecified atom stereocenters. The molecule has 0 heterocycles. The Hall–Kier alpha value is -1.90. The quantitative estimate of drug-likeness (QED) is 0.537. The molecular weight excluding hydrogens is 270 g/mol. The molecular formula is C20H25NO. The van der Waals surface area contributed by atoms with Crippen LogP contribution in [0.4, 0.5) is 0 Å². The molecule has 2 nitrogen and oxygen atoms in total. The van der Waals surface area contributed by atoms with Gasteiger partial charge in [-0.25, -0.2) is 0 Å². The highest BCUT2D eigenvalue weighted by molar-refractivity contribution is 5.27. The molecule has 0 bridgehead atoms. The van der Waals surface area contributed by atoms with Gasteiger partial charge in [-0.2, -0.15) is 5.48 Å². The highest BCUT2D eigenvalue weighted by Gasteiger charge is 2.24. The van der Waals surface area contributed by atoms with Crippen molar-refractivity contribution in [3.8, 4) is 0 Å². The van der Waals surface area contributed by atoms with E-state index < -0.39 is 5.54 Å². The zero-order valence-electron chi connectivity index (χ0n) is 13.5. The van der Waals surface area contributed by atoms with Crippen LogP contribution in [0.2, 0.25) is 0 Å². The topological polar surface area (TPSA) is 21.3 Å². The van der Waals surface area contributed by atoms with E-state index >= 15 is 0 Å². The second kappa shape index (κ2) is 7.92. The molecule has 2 rings (SSSR count). The predicted molar refractivity (Wildman–Crippen MR) is 92.3 cm³/mol. The van der Waals surface area contributed by atoms with E-state index in [2.05, 4.69) is 50.2 Å². The van der Waals surface area contributed by atoms with Crippen molar-refractivity contribution in [2.24, 2.45) is 0 Å². The lowest BCUT2D eigenvalue weighted by Crippen LogP contribution is -2.38. The van der Waals surface area contributed by atoms with Crippen LogP contribution in [0, 0.1) is 0 Å². The number of hydroxylamine groups is 1. The van der Waals surface area contributed by atoms with E-state index in [0.29, 0.717) is 0 Å². The summed E-state index contributed by atoms with van der Waals surface area (Å²) in [7, 11) is 0. The van der Waals surface area contributed by atoms with Crippen molar-refractivity contribution in [2.45, 2.75) is 38.3 Å². The molecule has 0 spiro atoms. The summed E-state index contributed by atoms with van der Waals surface area (Å²) < 4.78 is 0. The lowest BCUT2D eigenvalue weighted by molar-refractivity contribution is -0.0654. The molecule has 0 aliphatic heterocycles. The minimum Gasteiger partial charge on any atom is -0.293 e. The summed E-state index contributed by atoms with van der Waals surface area (Å²) in [6.07, 6.45) is 3.96. The van der Waals surface area contributed by atoms with E-state index in [1.807, 2.05) is 42.5 Å². The smallest absolute Gasteiger partial charge is 0.104 e. The second-order valence-corrected chi connectivity index (χ2v) is 5.68. The fourth-order valence-corrected chi connectivity index (χ4v) is 2.42. The lowest BCUT2D eigenvalue weighted by atomic mass is 9.93. The van der Waals surface area contributed by atoms with Gasteiger partial charge in [-0.15, -0.1) is 6.58 Å². The molecule has 0 aliphatic rings. The molecule has 2 aromatic carbocycles. The third kappa shape index (κ3) is 4.06. The van der Waals surface area contributed by atoms with Gasteiger partial charge >= 0.3 is 0 Å². The van der Waals surface area contributed by atoms with Gasteiger partial charge in [-0.1, -0.05) is 80.1 Å². The monoisotopic (exact) mass is 295 g/mol. The molecule has 0 aliphatic carbocycles. The van der Waals surface area contributed by atoms with Crippen LogP contribution >= 0.6 is 0 Å². The third-order valence-corrected chi connectivity index (χ3v) is 3.92. The molecule has 22 heavy (non-hydrogen) atoms. The highest BCUT2D eigenvalue weighted by atomic mass is 16.7. The molecule has 2 aromatic rings. The summed E-state index contributed by atoms with van der Waals surface area (Å²) in [4.78, 5) is 6.06. The van der Waals surface area contributed by atoms with Crippen LogP contribution in [-0.4, -0.2) is 0 Å². The Morgan fingerprint density at radius 2 is 1.68 bits per heavy atom. The molecule has 1 N–H and O–H groups in total. The van der Waals surface area contributed by atoms with Gasteiger partial charge in [0.25, 0.3) is 0 Å². The zero-order valence-corrected chi connectivity index (χ0v) is 13.5. The maximum atomic E-state index is 6.06. The van der Waals surface area contributed by atoms with E-state index in [0.717, 1.165) is 18.4 Å². The van der Waals surface area contributed by atoms with E-state index in [4.69, 9.17) is 4.84 Å². The van der Waals surface area contributed by atoms with E-state index in [1.54, 1.807) is 0 Å². The lowest BCUT2D eigenvalue weighted by Gasteiger charge is -2.30. The summed E-state index contributed by atoms with van der Waals surface area (Å²) in [6.45, 7) is 8.21. The Balaban J connectivity index is 2.12. The minimum absolute atomic E-state index is 0.0363. The maximum absolute atomic E-state index is 6.06. The Labute approximate surface area is 133 Å². The Morgan fingerprint density at radius 1 is 1.09 bits per heavy atom. The normalized spacial score (nSPS) is 15.0. The summed E-state index contributed by atoms with van der Waals surface area (Å²) >= 11 is 0. The Morgan fingerprint density at radius 3 is 2.23 bits per heavy atom. The minimum atomic E-state index is -0.415. The molecule has 2 atom stereocenters. The van der Waals surface area contributed by atoms with E-state index in [9.17, 15) is 0 Å². The molecule has 0 saturated carbocycles. The van der Waals surface area contributed by atoms with E-state index in [-0.39, 0.29) is 6.10 Å². The van der Waals surface area contributed by atoms with Crippen LogP contribution in [0.3, 0.4) is 0 Å². The fourth-order valence-electron chi connectivity index (χ4n) is 2.42. The van der Waals surface area contributed by atoms with Crippen molar-refractivity contribution >= 4 is 0 Å². The summed E-state index contributed by atoms with van der Waals surface area (Å²) in [5.41, 5.74) is 5.14. The molecule has 2 heteroatoms. The average molecular weight is 295 g/mol. The molecule has 0 fully saturated rings. The fraction of sp³-hybridized carbons (Fsp3) is 0.300.